The Labute approximate surface area is 168 Å². The van der Waals surface area contributed by atoms with Gasteiger partial charge in [0.15, 0.2) is 0 Å². The lowest BCUT2D eigenvalue weighted by molar-refractivity contribution is -0.137. The predicted octanol–water partition coefficient (Wildman–Crippen LogP) is 3.29. The molecular weight excluding hydrogens is 387 g/mol. The SMILES string of the molecule is O=C1CCOCCN1CCCNc1nc(NC2CCCCC2)ncc1C(F)(F)F. The first-order valence-corrected chi connectivity index (χ1v) is 10.2. The maximum absolute atomic E-state index is 13.3. The quantitative estimate of drug-likeness (QED) is 0.666. The number of aromatic nitrogens is 2. The fraction of sp³-hybridized carbons (Fsp3) is 0.737. The number of carbonyl (C=O) groups excluding carboxylic acids is 1. The smallest absolute Gasteiger partial charge is 0.379 e. The zero-order valence-corrected chi connectivity index (χ0v) is 16.4. The largest absolute Gasteiger partial charge is 0.421 e. The van der Waals surface area contributed by atoms with Crippen LogP contribution < -0.4 is 10.6 Å². The van der Waals surface area contributed by atoms with E-state index in [-0.39, 0.29) is 30.3 Å². The second kappa shape index (κ2) is 10.1. The van der Waals surface area contributed by atoms with Crippen molar-refractivity contribution in [3.63, 3.8) is 0 Å². The van der Waals surface area contributed by atoms with E-state index < -0.39 is 11.7 Å². The molecule has 3 rings (SSSR count). The van der Waals surface area contributed by atoms with Crippen LogP contribution in [0.2, 0.25) is 0 Å². The molecule has 1 saturated heterocycles. The molecule has 0 atom stereocenters. The predicted molar refractivity (Wildman–Crippen MR) is 103 cm³/mol. The molecule has 0 bridgehead atoms. The van der Waals surface area contributed by atoms with E-state index in [0.29, 0.717) is 39.1 Å². The molecule has 2 heterocycles. The molecule has 0 unspecified atom stereocenters. The minimum absolute atomic E-state index is 0.0134. The summed E-state index contributed by atoms with van der Waals surface area (Å²) in [5.41, 5.74) is -0.883. The van der Waals surface area contributed by atoms with Gasteiger partial charge in [-0.2, -0.15) is 18.2 Å². The monoisotopic (exact) mass is 415 g/mol. The van der Waals surface area contributed by atoms with E-state index in [0.717, 1.165) is 31.9 Å². The van der Waals surface area contributed by atoms with E-state index in [2.05, 4.69) is 20.6 Å². The number of halogens is 3. The van der Waals surface area contributed by atoms with Gasteiger partial charge in [-0.05, 0) is 19.3 Å². The van der Waals surface area contributed by atoms with Crippen LogP contribution in [0.25, 0.3) is 0 Å². The molecule has 0 radical (unpaired) electrons. The molecule has 1 aromatic rings. The van der Waals surface area contributed by atoms with Gasteiger partial charge < -0.3 is 20.3 Å². The van der Waals surface area contributed by atoms with Gasteiger partial charge in [-0.1, -0.05) is 19.3 Å². The van der Waals surface area contributed by atoms with Gasteiger partial charge in [0, 0.05) is 31.9 Å². The van der Waals surface area contributed by atoms with Crippen LogP contribution in [0.5, 0.6) is 0 Å². The molecule has 162 valence electrons. The minimum Gasteiger partial charge on any atom is -0.379 e. The second-order valence-corrected chi connectivity index (χ2v) is 7.46. The molecule has 10 heteroatoms. The second-order valence-electron chi connectivity index (χ2n) is 7.46. The van der Waals surface area contributed by atoms with E-state index in [9.17, 15) is 18.0 Å². The lowest BCUT2D eigenvalue weighted by Crippen LogP contribution is -2.33. The topological polar surface area (TPSA) is 79.4 Å². The summed E-state index contributed by atoms with van der Waals surface area (Å²) in [4.78, 5) is 21.6. The van der Waals surface area contributed by atoms with Crippen molar-refractivity contribution in [1.82, 2.24) is 14.9 Å². The normalized spacial score (nSPS) is 19.1. The highest BCUT2D eigenvalue weighted by Crippen LogP contribution is 2.34. The number of hydrogen-bond acceptors (Lipinski definition) is 6. The third-order valence-corrected chi connectivity index (χ3v) is 5.25. The highest BCUT2D eigenvalue weighted by molar-refractivity contribution is 5.76. The molecule has 0 aromatic carbocycles. The Morgan fingerprint density at radius 1 is 1.21 bits per heavy atom. The van der Waals surface area contributed by atoms with Gasteiger partial charge in [0.25, 0.3) is 0 Å². The van der Waals surface area contributed by atoms with Gasteiger partial charge in [0.1, 0.15) is 11.4 Å². The molecule has 2 aliphatic rings. The Bertz CT molecular complexity index is 680. The minimum atomic E-state index is -4.54. The fourth-order valence-corrected chi connectivity index (χ4v) is 3.66. The van der Waals surface area contributed by atoms with Crippen LogP contribution >= 0.6 is 0 Å². The number of rotatable bonds is 7. The summed E-state index contributed by atoms with van der Waals surface area (Å²) >= 11 is 0. The first-order chi connectivity index (χ1) is 13.9. The molecule has 1 aliphatic carbocycles. The lowest BCUT2D eigenvalue weighted by Gasteiger charge is -2.23. The summed E-state index contributed by atoms with van der Waals surface area (Å²) in [7, 11) is 0. The van der Waals surface area contributed by atoms with Crippen molar-refractivity contribution in [2.24, 2.45) is 0 Å². The van der Waals surface area contributed by atoms with Crippen LogP contribution in [-0.2, 0) is 15.7 Å². The molecule has 1 saturated carbocycles. The molecular formula is C19H28F3N5O2. The standard InChI is InChI=1S/C19H28F3N5O2/c20-19(21,22)15-13-24-18(25-14-5-2-1-3-6-14)26-17(15)23-8-4-9-27-10-12-29-11-7-16(27)28/h13-14H,1-12H2,(H2,23,24,25,26). The summed E-state index contributed by atoms with van der Waals surface area (Å²) in [5.74, 6) is 0.00284. The van der Waals surface area contributed by atoms with Crippen molar-refractivity contribution >= 4 is 17.7 Å². The molecule has 0 spiro atoms. The molecule has 2 fully saturated rings. The van der Waals surface area contributed by atoms with Crippen molar-refractivity contribution in [3.05, 3.63) is 11.8 Å². The zero-order valence-electron chi connectivity index (χ0n) is 16.4. The van der Waals surface area contributed by atoms with E-state index in [1.807, 2.05) is 0 Å². The summed E-state index contributed by atoms with van der Waals surface area (Å²) in [6.07, 6.45) is 2.48. The molecule has 7 nitrogen and oxygen atoms in total. The van der Waals surface area contributed by atoms with E-state index in [1.54, 1.807) is 4.90 Å². The van der Waals surface area contributed by atoms with E-state index >= 15 is 0 Å². The summed E-state index contributed by atoms with van der Waals surface area (Å²) in [5, 5.41) is 5.95. The van der Waals surface area contributed by atoms with Gasteiger partial charge in [0.2, 0.25) is 11.9 Å². The Hall–Kier alpha value is -2.10. The maximum atomic E-state index is 13.3. The molecule has 2 N–H and O–H groups in total. The van der Waals surface area contributed by atoms with Crippen LogP contribution in [0, 0.1) is 0 Å². The van der Waals surface area contributed by atoms with Crippen LogP contribution in [0.15, 0.2) is 6.20 Å². The number of hydrogen-bond donors (Lipinski definition) is 2. The average molecular weight is 415 g/mol. The number of nitrogens with one attached hydrogen (secondary N) is 2. The van der Waals surface area contributed by atoms with Crippen LogP contribution in [-0.4, -0.2) is 59.7 Å². The third-order valence-electron chi connectivity index (χ3n) is 5.25. The van der Waals surface area contributed by atoms with Crippen molar-refractivity contribution in [2.45, 2.75) is 57.2 Å². The van der Waals surface area contributed by atoms with E-state index in [4.69, 9.17) is 4.74 Å². The Balaban J connectivity index is 1.59. The highest BCUT2D eigenvalue weighted by Gasteiger charge is 2.35. The molecule has 1 amide bonds. The number of alkyl halides is 3. The Morgan fingerprint density at radius 3 is 2.76 bits per heavy atom. The van der Waals surface area contributed by atoms with Crippen molar-refractivity contribution in [3.8, 4) is 0 Å². The number of ether oxygens (including phenoxy) is 1. The van der Waals surface area contributed by atoms with Crippen molar-refractivity contribution < 1.29 is 22.7 Å². The van der Waals surface area contributed by atoms with Crippen LogP contribution in [0.3, 0.4) is 0 Å². The van der Waals surface area contributed by atoms with Gasteiger partial charge in [-0.25, -0.2) is 4.98 Å². The number of nitrogens with zero attached hydrogens (tertiary/aromatic N) is 3. The van der Waals surface area contributed by atoms with Gasteiger partial charge in [0.05, 0.1) is 19.6 Å². The third kappa shape index (κ3) is 6.45. The molecule has 1 aromatic heterocycles. The van der Waals surface area contributed by atoms with Crippen molar-refractivity contribution in [1.29, 1.82) is 0 Å². The Morgan fingerprint density at radius 2 is 2.00 bits per heavy atom. The zero-order chi connectivity index (χ0) is 20.7. The van der Waals surface area contributed by atoms with Gasteiger partial charge in [-0.3, -0.25) is 4.79 Å². The summed E-state index contributed by atoms with van der Waals surface area (Å²) in [6, 6.07) is 0.199. The summed E-state index contributed by atoms with van der Waals surface area (Å²) < 4.78 is 45.3. The molecule has 29 heavy (non-hydrogen) atoms. The first kappa shape index (κ1) is 21.6. The van der Waals surface area contributed by atoms with Gasteiger partial charge >= 0.3 is 6.18 Å². The summed E-state index contributed by atoms with van der Waals surface area (Å²) in [6.45, 7) is 2.15. The van der Waals surface area contributed by atoms with Crippen molar-refractivity contribution in [2.75, 3.05) is 43.5 Å². The number of anilines is 2. The maximum Gasteiger partial charge on any atom is 0.421 e. The van der Waals surface area contributed by atoms with Crippen LogP contribution in [0.4, 0.5) is 24.9 Å². The average Bonchev–Trinajstić information content (AvgIpc) is 2.89. The van der Waals surface area contributed by atoms with Gasteiger partial charge in [-0.15, -0.1) is 0 Å². The Kier molecular flexibility index (Phi) is 7.51. The number of amides is 1. The van der Waals surface area contributed by atoms with Crippen LogP contribution in [0.1, 0.15) is 50.5 Å². The fourth-order valence-electron chi connectivity index (χ4n) is 3.66. The lowest BCUT2D eigenvalue weighted by atomic mass is 9.96. The first-order valence-electron chi connectivity index (χ1n) is 10.2. The molecule has 1 aliphatic heterocycles. The van der Waals surface area contributed by atoms with E-state index in [1.165, 1.54) is 6.42 Å². The number of carbonyl (C=O) groups is 1. The highest BCUT2D eigenvalue weighted by atomic mass is 19.4.